The van der Waals surface area contributed by atoms with Crippen molar-refractivity contribution in [1.29, 1.82) is 0 Å². The van der Waals surface area contributed by atoms with Gasteiger partial charge in [-0.2, -0.15) is 0 Å². The van der Waals surface area contributed by atoms with E-state index in [1.54, 1.807) is 43.3 Å². The summed E-state index contributed by atoms with van der Waals surface area (Å²) in [5.74, 6) is -0.203. The van der Waals surface area contributed by atoms with E-state index in [4.69, 9.17) is 9.47 Å². The fourth-order valence-electron chi connectivity index (χ4n) is 2.28. The van der Waals surface area contributed by atoms with Gasteiger partial charge in [0.1, 0.15) is 5.75 Å². The number of ether oxygens (including phenoxy) is 2. The Kier molecular flexibility index (Phi) is 7.68. The van der Waals surface area contributed by atoms with Crippen LogP contribution in [0.2, 0.25) is 0 Å². The van der Waals surface area contributed by atoms with Crippen LogP contribution in [0.25, 0.3) is 0 Å². The molecule has 1 amide bonds. The SMILES string of the molecule is CCCCCOc1ccc(C(=O)O[C@H](C)C(=O)Nc2ccccc2)cc1. The minimum absolute atomic E-state index is 0.375. The van der Waals surface area contributed by atoms with Gasteiger partial charge in [0.2, 0.25) is 0 Å². The van der Waals surface area contributed by atoms with Crippen LogP contribution < -0.4 is 10.1 Å². The molecule has 0 fully saturated rings. The van der Waals surface area contributed by atoms with Gasteiger partial charge < -0.3 is 14.8 Å². The second-order valence-electron chi connectivity index (χ2n) is 5.98. The first-order valence-electron chi connectivity index (χ1n) is 8.90. The summed E-state index contributed by atoms with van der Waals surface area (Å²) in [6, 6.07) is 15.8. The van der Waals surface area contributed by atoms with Gasteiger partial charge in [0.15, 0.2) is 6.10 Å². The largest absolute Gasteiger partial charge is 0.494 e. The van der Waals surface area contributed by atoms with E-state index in [1.807, 2.05) is 18.2 Å². The van der Waals surface area contributed by atoms with Crippen molar-refractivity contribution >= 4 is 17.6 Å². The average molecular weight is 355 g/mol. The first-order valence-corrected chi connectivity index (χ1v) is 8.90. The predicted octanol–water partition coefficient (Wildman–Crippen LogP) is 4.44. The van der Waals surface area contributed by atoms with Crippen molar-refractivity contribution in [3.8, 4) is 5.75 Å². The summed E-state index contributed by atoms with van der Waals surface area (Å²) in [4.78, 5) is 24.3. The second-order valence-corrected chi connectivity index (χ2v) is 5.98. The van der Waals surface area contributed by atoms with Gasteiger partial charge in [0, 0.05) is 5.69 Å². The van der Waals surface area contributed by atoms with E-state index in [1.165, 1.54) is 0 Å². The molecule has 0 aliphatic carbocycles. The van der Waals surface area contributed by atoms with E-state index in [9.17, 15) is 9.59 Å². The lowest BCUT2D eigenvalue weighted by Gasteiger charge is -2.14. The molecule has 2 aromatic rings. The van der Waals surface area contributed by atoms with Crippen molar-refractivity contribution in [1.82, 2.24) is 0 Å². The Morgan fingerprint density at radius 2 is 1.69 bits per heavy atom. The standard InChI is InChI=1S/C21H25NO4/c1-3-4-8-15-25-19-13-11-17(12-14-19)21(24)26-16(2)20(23)22-18-9-6-5-7-10-18/h5-7,9-14,16H,3-4,8,15H2,1-2H3,(H,22,23)/t16-/m1/s1. The van der Waals surface area contributed by atoms with Crippen molar-refractivity contribution in [2.75, 3.05) is 11.9 Å². The number of anilines is 1. The molecule has 0 unspecified atom stereocenters. The van der Waals surface area contributed by atoms with E-state index in [0.717, 1.165) is 19.3 Å². The molecule has 0 radical (unpaired) electrons. The van der Waals surface area contributed by atoms with Gasteiger partial charge in [-0.15, -0.1) is 0 Å². The van der Waals surface area contributed by atoms with Crippen LogP contribution in [0.4, 0.5) is 5.69 Å². The van der Waals surface area contributed by atoms with Gasteiger partial charge in [0.25, 0.3) is 5.91 Å². The lowest BCUT2D eigenvalue weighted by molar-refractivity contribution is -0.123. The molecule has 0 spiro atoms. The van der Waals surface area contributed by atoms with Gasteiger partial charge in [-0.25, -0.2) is 4.79 Å². The number of unbranched alkanes of at least 4 members (excludes halogenated alkanes) is 2. The Labute approximate surface area is 154 Å². The molecule has 0 heterocycles. The molecule has 0 aliphatic rings. The van der Waals surface area contributed by atoms with Crippen molar-refractivity contribution in [2.45, 2.75) is 39.2 Å². The predicted molar refractivity (Wildman–Crippen MR) is 101 cm³/mol. The van der Waals surface area contributed by atoms with Crippen molar-refractivity contribution in [3.63, 3.8) is 0 Å². The van der Waals surface area contributed by atoms with Crippen LogP contribution in [-0.2, 0) is 9.53 Å². The molecule has 5 heteroatoms. The van der Waals surface area contributed by atoms with Gasteiger partial charge in [0.05, 0.1) is 12.2 Å². The molecule has 0 bridgehead atoms. The van der Waals surface area contributed by atoms with E-state index >= 15 is 0 Å². The third-order valence-corrected chi connectivity index (χ3v) is 3.80. The van der Waals surface area contributed by atoms with Crippen molar-refractivity contribution in [3.05, 3.63) is 60.2 Å². The Balaban J connectivity index is 1.83. The van der Waals surface area contributed by atoms with E-state index in [2.05, 4.69) is 12.2 Å². The summed E-state index contributed by atoms with van der Waals surface area (Å²) in [5, 5.41) is 2.70. The molecule has 0 aromatic heterocycles. The summed E-state index contributed by atoms with van der Waals surface area (Å²) in [5.41, 5.74) is 1.04. The van der Waals surface area contributed by atoms with Crippen molar-refractivity contribution < 1.29 is 19.1 Å². The normalized spacial score (nSPS) is 11.5. The number of carbonyl (C=O) groups excluding carboxylic acids is 2. The smallest absolute Gasteiger partial charge is 0.338 e. The summed E-state index contributed by atoms with van der Waals surface area (Å²) in [6.07, 6.45) is 2.39. The highest BCUT2D eigenvalue weighted by molar-refractivity contribution is 5.97. The van der Waals surface area contributed by atoms with Crippen LogP contribution >= 0.6 is 0 Å². The first-order chi connectivity index (χ1) is 12.6. The van der Waals surface area contributed by atoms with E-state index in [-0.39, 0.29) is 5.91 Å². The molecule has 2 rings (SSSR count). The molecule has 1 N–H and O–H groups in total. The molecule has 5 nitrogen and oxygen atoms in total. The Morgan fingerprint density at radius 1 is 1.00 bits per heavy atom. The maximum absolute atomic E-state index is 12.2. The van der Waals surface area contributed by atoms with Gasteiger partial charge in [-0.05, 0) is 49.7 Å². The van der Waals surface area contributed by atoms with Gasteiger partial charge in [-0.3, -0.25) is 4.79 Å². The molecule has 0 saturated carbocycles. The van der Waals surface area contributed by atoms with Crippen LogP contribution in [0.1, 0.15) is 43.5 Å². The number of amides is 1. The molecule has 2 aromatic carbocycles. The highest BCUT2D eigenvalue weighted by Gasteiger charge is 2.19. The minimum atomic E-state index is -0.896. The number of esters is 1. The number of benzene rings is 2. The molecule has 26 heavy (non-hydrogen) atoms. The highest BCUT2D eigenvalue weighted by Crippen LogP contribution is 2.15. The molecule has 1 atom stereocenters. The lowest BCUT2D eigenvalue weighted by atomic mass is 10.2. The zero-order chi connectivity index (χ0) is 18.8. The zero-order valence-corrected chi connectivity index (χ0v) is 15.2. The summed E-state index contributed by atoms with van der Waals surface area (Å²) >= 11 is 0. The fourth-order valence-corrected chi connectivity index (χ4v) is 2.28. The quantitative estimate of drug-likeness (QED) is 0.533. The third kappa shape index (κ3) is 6.24. The summed E-state index contributed by atoms with van der Waals surface area (Å²) in [6.45, 7) is 4.34. The molecular formula is C21H25NO4. The summed E-state index contributed by atoms with van der Waals surface area (Å²) in [7, 11) is 0. The van der Waals surface area contributed by atoms with Gasteiger partial charge >= 0.3 is 5.97 Å². The van der Waals surface area contributed by atoms with Crippen LogP contribution in [0.15, 0.2) is 54.6 Å². The van der Waals surface area contributed by atoms with Crippen LogP contribution in [0.3, 0.4) is 0 Å². The Hall–Kier alpha value is -2.82. The second kappa shape index (κ2) is 10.2. The average Bonchev–Trinajstić information content (AvgIpc) is 2.66. The third-order valence-electron chi connectivity index (χ3n) is 3.80. The zero-order valence-electron chi connectivity index (χ0n) is 15.2. The number of nitrogens with one attached hydrogen (secondary N) is 1. The van der Waals surface area contributed by atoms with Crippen LogP contribution in [-0.4, -0.2) is 24.6 Å². The number of carbonyl (C=O) groups is 2. The molecule has 0 saturated heterocycles. The molecular weight excluding hydrogens is 330 g/mol. The van der Waals surface area contributed by atoms with Crippen molar-refractivity contribution in [2.24, 2.45) is 0 Å². The first kappa shape index (κ1) is 19.5. The Morgan fingerprint density at radius 3 is 2.35 bits per heavy atom. The van der Waals surface area contributed by atoms with Crippen LogP contribution in [0, 0.1) is 0 Å². The number of hydrogen-bond donors (Lipinski definition) is 1. The minimum Gasteiger partial charge on any atom is -0.494 e. The maximum Gasteiger partial charge on any atom is 0.338 e. The maximum atomic E-state index is 12.2. The fraction of sp³-hybridized carbons (Fsp3) is 0.333. The van der Waals surface area contributed by atoms with E-state index in [0.29, 0.717) is 23.6 Å². The highest BCUT2D eigenvalue weighted by atomic mass is 16.5. The number of para-hydroxylation sites is 1. The topological polar surface area (TPSA) is 64.6 Å². The number of rotatable bonds is 9. The molecule has 138 valence electrons. The van der Waals surface area contributed by atoms with Gasteiger partial charge in [-0.1, -0.05) is 38.0 Å². The monoisotopic (exact) mass is 355 g/mol. The van der Waals surface area contributed by atoms with Crippen LogP contribution in [0.5, 0.6) is 5.75 Å². The summed E-state index contributed by atoms with van der Waals surface area (Å²) < 4.78 is 10.8. The molecule has 0 aliphatic heterocycles. The lowest BCUT2D eigenvalue weighted by Crippen LogP contribution is -2.29. The van der Waals surface area contributed by atoms with E-state index < -0.39 is 12.1 Å². The Bertz CT molecular complexity index is 698. The number of hydrogen-bond acceptors (Lipinski definition) is 4.